The molecule has 2 atom stereocenters. The summed E-state index contributed by atoms with van der Waals surface area (Å²) in [5.41, 5.74) is 0. The third kappa shape index (κ3) is 4.75. The van der Waals surface area contributed by atoms with Gasteiger partial charge in [0.25, 0.3) is 0 Å². The van der Waals surface area contributed by atoms with Gasteiger partial charge in [-0.05, 0) is 19.9 Å². The molecule has 0 unspecified atom stereocenters. The maximum absolute atomic E-state index is 12.1. The van der Waals surface area contributed by atoms with Crippen molar-refractivity contribution < 1.29 is 14.1 Å². The van der Waals surface area contributed by atoms with Crippen LogP contribution in [0.25, 0.3) is 0 Å². The molecule has 24 heavy (non-hydrogen) atoms. The highest BCUT2D eigenvalue weighted by Crippen LogP contribution is 2.16. The second kappa shape index (κ2) is 8.04. The minimum absolute atomic E-state index is 0.110. The molecule has 134 valence electrons. The van der Waals surface area contributed by atoms with E-state index in [0.29, 0.717) is 36.8 Å². The van der Waals surface area contributed by atoms with Crippen molar-refractivity contribution in [2.75, 3.05) is 46.4 Å². The molecule has 0 radical (unpaired) electrons. The Bertz CT molecular complexity index is 544. The van der Waals surface area contributed by atoms with E-state index in [1.807, 2.05) is 0 Å². The molecule has 8 heteroatoms. The fourth-order valence-corrected chi connectivity index (χ4v) is 3.33. The molecule has 0 saturated carbocycles. The molecule has 2 fully saturated rings. The second-order valence-corrected chi connectivity index (χ2v) is 6.86. The third-order valence-electron chi connectivity index (χ3n) is 4.81. The van der Waals surface area contributed by atoms with Gasteiger partial charge in [-0.25, -0.2) is 0 Å². The fourth-order valence-electron chi connectivity index (χ4n) is 3.33. The lowest BCUT2D eigenvalue weighted by Crippen LogP contribution is -2.40. The van der Waals surface area contributed by atoms with Crippen LogP contribution in [0.2, 0.25) is 0 Å². The Morgan fingerprint density at radius 3 is 3.04 bits per heavy atom. The summed E-state index contributed by atoms with van der Waals surface area (Å²) in [6.07, 6.45) is 2.10. The predicted octanol–water partition coefficient (Wildman–Crippen LogP) is 0.0368. The zero-order valence-corrected chi connectivity index (χ0v) is 14.5. The van der Waals surface area contributed by atoms with Crippen LogP contribution in [0.1, 0.15) is 24.6 Å². The number of carbonyl (C=O) groups excluding carboxylic acids is 1. The first-order valence-electron chi connectivity index (χ1n) is 8.66. The number of likely N-dealkylation sites (N-methyl/N-ethyl adjacent to an activating group) is 1. The summed E-state index contributed by atoms with van der Waals surface area (Å²) in [7, 11) is 2.07. The molecule has 1 N–H and O–H groups in total. The van der Waals surface area contributed by atoms with Crippen LogP contribution in [0.5, 0.6) is 0 Å². The number of aromatic nitrogens is 2. The van der Waals surface area contributed by atoms with Crippen molar-refractivity contribution in [1.82, 2.24) is 25.3 Å². The molecule has 2 aliphatic heterocycles. The minimum Gasteiger partial charge on any atom is -0.381 e. The van der Waals surface area contributed by atoms with Gasteiger partial charge in [-0.1, -0.05) is 5.16 Å². The van der Waals surface area contributed by atoms with Gasteiger partial charge in [0.1, 0.15) is 0 Å². The number of nitrogens with zero attached hydrogens (tertiary/aromatic N) is 4. The standard InChI is InChI=1S/C16H27N5O3/c1-12-18-15(19-24-12)9-20(2)14-3-5-21(8-14)10-16(22)17-7-13-4-6-23-11-13/h13-14H,3-11H2,1-2H3,(H,17,22)/t13-,14+/m0/s1. The minimum atomic E-state index is 0.110. The van der Waals surface area contributed by atoms with Crippen LogP contribution in [-0.4, -0.2) is 78.3 Å². The Morgan fingerprint density at radius 1 is 1.46 bits per heavy atom. The lowest BCUT2D eigenvalue weighted by molar-refractivity contribution is -0.122. The normalized spacial score (nSPS) is 24.8. The van der Waals surface area contributed by atoms with Crippen molar-refractivity contribution in [2.24, 2.45) is 5.92 Å². The van der Waals surface area contributed by atoms with E-state index < -0.39 is 0 Å². The van der Waals surface area contributed by atoms with Crippen LogP contribution in [0.3, 0.4) is 0 Å². The number of hydrogen-bond donors (Lipinski definition) is 1. The maximum Gasteiger partial charge on any atom is 0.234 e. The van der Waals surface area contributed by atoms with Gasteiger partial charge < -0.3 is 14.6 Å². The molecule has 0 aliphatic carbocycles. The van der Waals surface area contributed by atoms with E-state index in [0.717, 1.165) is 45.7 Å². The Labute approximate surface area is 142 Å². The molecule has 0 bridgehead atoms. The van der Waals surface area contributed by atoms with Crippen molar-refractivity contribution >= 4 is 5.91 Å². The van der Waals surface area contributed by atoms with Crippen LogP contribution in [0, 0.1) is 12.8 Å². The molecule has 1 amide bonds. The van der Waals surface area contributed by atoms with Gasteiger partial charge in [-0.2, -0.15) is 4.98 Å². The molecule has 0 aromatic carbocycles. The smallest absolute Gasteiger partial charge is 0.234 e. The van der Waals surface area contributed by atoms with E-state index in [4.69, 9.17) is 9.26 Å². The molecular formula is C16H27N5O3. The Balaban J connectivity index is 1.37. The summed E-state index contributed by atoms with van der Waals surface area (Å²) in [6.45, 7) is 7.10. The van der Waals surface area contributed by atoms with Crippen molar-refractivity contribution in [3.63, 3.8) is 0 Å². The van der Waals surface area contributed by atoms with Crippen LogP contribution in [0.15, 0.2) is 4.52 Å². The van der Waals surface area contributed by atoms with Crippen LogP contribution in [0.4, 0.5) is 0 Å². The first-order chi connectivity index (χ1) is 11.6. The number of aryl methyl sites for hydroxylation is 1. The second-order valence-electron chi connectivity index (χ2n) is 6.86. The van der Waals surface area contributed by atoms with Gasteiger partial charge in [0.2, 0.25) is 11.8 Å². The molecular weight excluding hydrogens is 310 g/mol. The number of rotatable bonds is 7. The van der Waals surface area contributed by atoms with E-state index in [9.17, 15) is 4.79 Å². The van der Waals surface area contributed by atoms with Gasteiger partial charge in [0.05, 0.1) is 19.7 Å². The van der Waals surface area contributed by atoms with Gasteiger partial charge in [0.15, 0.2) is 5.82 Å². The first kappa shape index (κ1) is 17.3. The predicted molar refractivity (Wildman–Crippen MR) is 87.3 cm³/mol. The average molecular weight is 337 g/mol. The molecule has 2 saturated heterocycles. The zero-order chi connectivity index (χ0) is 16.9. The summed E-state index contributed by atoms with van der Waals surface area (Å²) >= 11 is 0. The first-order valence-corrected chi connectivity index (χ1v) is 8.66. The monoisotopic (exact) mass is 337 g/mol. The topological polar surface area (TPSA) is 83.7 Å². The summed E-state index contributed by atoms with van der Waals surface area (Å²) in [5, 5.41) is 6.97. The Morgan fingerprint density at radius 2 is 2.33 bits per heavy atom. The van der Waals surface area contributed by atoms with Crippen molar-refractivity contribution in [1.29, 1.82) is 0 Å². The van der Waals surface area contributed by atoms with E-state index in [1.54, 1.807) is 6.92 Å². The molecule has 2 aliphatic rings. The lowest BCUT2D eigenvalue weighted by atomic mass is 10.1. The van der Waals surface area contributed by atoms with E-state index in [1.165, 1.54) is 0 Å². The van der Waals surface area contributed by atoms with Crippen molar-refractivity contribution in [2.45, 2.75) is 32.4 Å². The highest BCUT2D eigenvalue weighted by molar-refractivity contribution is 5.78. The number of amides is 1. The molecule has 3 rings (SSSR count). The molecule has 1 aromatic heterocycles. The number of nitrogens with one attached hydrogen (secondary N) is 1. The Kier molecular flexibility index (Phi) is 5.80. The van der Waals surface area contributed by atoms with Gasteiger partial charge in [0, 0.05) is 45.1 Å². The molecule has 0 spiro atoms. The molecule has 1 aromatic rings. The molecule has 8 nitrogen and oxygen atoms in total. The van der Waals surface area contributed by atoms with E-state index in [2.05, 4.69) is 32.3 Å². The number of likely N-dealkylation sites (tertiary alicyclic amines) is 1. The van der Waals surface area contributed by atoms with Gasteiger partial charge in [-0.15, -0.1) is 0 Å². The maximum atomic E-state index is 12.1. The summed E-state index contributed by atoms with van der Waals surface area (Å²) in [5.74, 6) is 1.89. The molecule has 3 heterocycles. The van der Waals surface area contributed by atoms with Crippen molar-refractivity contribution in [3.8, 4) is 0 Å². The van der Waals surface area contributed by atoms with Crippen LogP contribution < -0.4 is 5.32 Å². The van der Waals surface area contributed by atoms with E-state index >= 15 is 0 Å². The number of carbonyl (C=O) groups is 1. The number of hydrogen-bond acceptors (Lipinski definition) is 7. The summed E-state index contributed by atoms with van der Waals surface area (Å²) in [6, 6.07) is 0.417. The third-order valence-corrected chi connectivity index (χ3v) is 4.81. The zero-order valence-electron chi connectivity index (χ0n) is 14.5. The lowest BCUT2D eigenvalue weighted by Gasteiger charge is -2.23. The fraction of sp³-hybridized carbons (Fsp3) is 0.812. The van der Waals surface area contributed by atoms with Gasteiger partial charge in [-0.3, -0.25) is 14.6 Å². The summed E-state index contributed by atoms with van der Waals surface area (Å²) < 4.78 is 10.3. The van der Waals surface area contributed by atoms with Crippen LogP contribution >= 0.6 is 0 Å². The largest absolute Gasteiger partial charge is 0.381 e. The van der Waals surface area contributed by atoms with Crippen molar-refractivity contribution in [3.05, 3.63) is 11.7 Å². The Hall–Kier alpha value is -1.51. The highest BCUT2D eigenvalue weighted by Gasteiger charge is 2.27. The SMILES string of the molecule is Cc1nc(CN(C)[C@@H]2CCN(CC(=O)NC[C@@H]3CCOC3)C2)no1. The summed E-state index contributed by atoms with van der Waals surface area (Å²) in [4.78, 5) is 20.8. The van der Waals surface area contributed by atoms with E-state index in [-0.39, 0.29) is 5.91 Å². The number of ether oxygens (including phenoxy) is 1. The quantitative estimate of drug-likeness (QED) is 0.752. The average Bonchev–Trinajstić information content (AvgIpc) is 3.27. The highest BCUT2D eigenvalue weighted by atomic mass is 16.5. The van der Waals surface area contributed by atoms with Gasteiger partial charge >= 0.3 is 0 Å². The van der Waals surface area contributed by atoms with Crippen LogP contribution in [-0.2, 0) is 16.1 Å².